The Hall–Kier alpha value is -2.32. The summed E-state index contributed by atoms with van der Waals surface area (Å²) >= 11 is 5.37. The average Bonchev–Trinajstić information content (AvgIpc) is 2.65. The number of thiocarbonyl (C=S) groups is 1. The van der Waals surface area contributed by atoms with Crippen molar-refractivity contribution in [1.29, 1.82) is 0 Å². The van der Waals surface area contributed by atoms with Gasteiger partial charge in [-0.25, -0.2) is 8.42 Å². The molecule has 2 rings (SSSR count). The minimum Gasteiger partial charge on any atom is -0.370 e. The van der Waals surface area contributed by atoms with Crippen LogP contribution in [-0.2, 0) is 10.0 Å². The van der Waals surface area contributed by atoms with Crippen molar-refractivity contribution in [2.24, 2.45) is 0 Å². The summed E-state index contributed by atoms with van der Waals surface area (Å²) in [6.45, 7) is 6.62. The molecule has 0 atom stereocenters. The smallest absolute Gasteiger partial charge is 0.231 e. The fraction of sp³-hybridized carbons (Fsp3) is 0.350. The van der Waals surface area contributed by atoms with E-state index in [2.05, 4.69) is 53.6 Å². The van der Waals surface area contributed by atoms with Crippen molar-refractivity contribution in [2.45, 2.75) is 13.8 Å². The molecule has 0 unspecified atom stereocenters. The van der Waals surface area contributed by atoms with Crippen molar-refractivity contribution in [3.05, 3.63) is 54.1 Å². The number of sulfonamides is 1. The van der Waals surface area contributed by atoms with Crippen LogP contribution in [0.3, 0.4) is 0 Å². The third-order valence-corrected chi connectivity index (χ3v) is 5.87. The van der Waals surface area contributed by atoms with Crippen LogP contribution >= 0.6 is 12.2 Å². The standard InChI is InChI=1S/C20H28N4O2S2/c1-5-24(18-11-9-16(2)10-12-18)14-13-21-20(27)22-17-7-6-8-19(15-17)23(3)28(4,25)26/h6-12,15H,5,13-14H2,1-4H3,(H2,21,22,27). The molecule has 0 fully saturated rings. The maximum Gasteiger partial charge on any atom is 0.231 e. The second-order valence-corrected chi connectivity index (χ2v) is 9.00. The molecular formula is C20H28N4O2S2. The van der Waals surface area contributed by atoms with Gasteiger partial charge in [0.05, 0.1) is 11.9 Å². The number of anilines is 3. The minimum absolute atomic E-state index is 0.499. The van der Waals surface area contributed by atoms with Gasteiger partial charge in [-0.15, -0.1) is 0 Å². The highest BCUT2D eigenvalue weighted by Gasteiger charge is 2.12. The van der Waals surface area contributed by atoms with E-state index in [-0.39, 0.29) is 0 Å². The lowest BCUT2D eigenvalue weighted by Crippen LogP contribution is -2.37. The van der Waals surface area contributed by atoms with Crippen LogP contribution in [0.25, 0.3) is 0 Å². The molecule has 0 aliphatic carbocycles. The van der Waals surface area contributed by atoms with Crippen molar-refractivity contribution in [2.75, 3.05) is 47.5 Å². The largest absolute Gasteiger partial charge is 0.370 e. The first kappa shape index (κ1) is 22.0. The Morgan fingerprint density at radius 1 is 1.11 bits per heavy atom. The van der Waals surface area contributed by atoms with Crippen molar-refractivity contribution in [3.63, 3.8) is 0 Å². The van der Waals surface area contributed by atoms with Crippen LogP contribution in [0.4, 0.5) is 17.1 Å². The summed E-state index contributed by atoms with van der Waals surface area (Å²) < 4.78 is 24.6. The number of aryl methyl sites for hydroxylation is 1. The predicted molar refractivity (Wildman–Crippen MR) is 123 cm³/mol. The van der Waals surface area contributed by atoms with Crippen molar-refractivity contribution in [3.8, 4) is 0 Å². The molecule has 0 saturated carbocycles. The highest BCUT2D eigenvalue weighted by molar-refractivity contribution is 7.92. The first-order chi connectivity index (χ1) is 13.2. The van der Waals surface area contributed by atoms with Crippen LogP contribution in [0.2, 0.25) is 0 Å². The Labute approximate surface area is 173 Å². The fourth-order valence-corrected chi connectivity index (χ4v) is 3.39. The number of hydrogen-bond donors (Lipinski definition) is 2. The molecule has 0 spiro atoms. The minimum atomic E-state index is -3.31. The maximum atomic E-state index is 11.7. The van der Waals surface area contributed by atoms with Gasteiger partial charge in [0.2, 0.25) is 10.0 Å². The molecule has 0 heterocycles. The Kier molecular flexibility index (Phi) is 7.65. The molecule has 8 heteroatoms. The fourth-order valence-electron chi connectivity index (χ4n) is 2.68. The first-order valence-electron chi connectivity index (χ1n) is 9.11. The third kappa shape index (κ3) is 6.38. The molecule has 0 saturated heterocycles. The first-order valence-corrected chi connectivity index (χ1v) is 11.4. The molecule has 0 amide bonds. The van der Waals surface area contributed by atoms with Gasteiger partial charge >= 0.3 is 0 Å². The average molecular weight is 421 g/mol. The SMILES string of the molecule is CCN(CCNC(=S)Nc1cccc(N(C)S(C)(=O)=O)c1)c1ccc(C)cc1. The van der Waals surface area contributed by atoms with Crippen LogP contribution in [-0.4, -0.2) is 46.5 Å². The van der Waals surface area contributed by atoms with E-state index >= 15 is 0 Å². The van der Waals surface area contributed by atoms with Gasteiger partial charge in [0.15, 0.2) is 5.11 Å². The normalized spacial score (nSPS) is 11.0. The molecule has 0 aromatic heterocycles. The van der Waals surface area contributed by atoms with E-state index in [4.69, 9.17) is 12.2 Å². The Morgan fingerprint density at radius 2 is 1.79 bits per heavy atom. The monoisotopic (exact) mass is 420 g/mol. The third-order valence-electron chi connectivity index (χ3n) is 4.41. The molecule has 0 radical (unpaired) electrons. The van der Waals surface area contributed by atoms with Crippen LogP contribution in [0, 0.1) is 6.92 Å². The Balaban J connectivity index is 1.89. The van der Waals surface area contributed by atoms with Crippen LogP contribution in [0.5, 0.6) is 0 Å². The molecule has 0 aliphatic rings. The molecular weight excluding hydrogens is 392 g/mol. The lowest BCUT2D eigenvalue weighted by Gasteiger charge is -2.24. The molecule has 152 valence electrons. The highest BCUT2D eigenvalue weighted by Crippen LogP contribution is 2.20. The van der Waals surface area contributed by atoms with Gasteiger partial charge in [0, 0.05) is 38.1 Å². The zero-order valence-corrected chi connectivity index (χ0v) is 18.4. The van der Waals surface area contributed by atoms with E-state index in [1.165, 1.54) is 28.9 Å². The van der Waals surface area contributed by atoms with Crippen LogP contribution in [0.15, 0.2) is 48.5 Å². The van der Waals surface area contributed by atoms with E-state index in [1.54, 1.807) is 18.2 Å². The molecule has 2 aromatic carbocycles. The van der Waals surface area contributed by atoms with E-state index in [0.717, 1.165) is 18.8 Å². The molecule has 2 N–H and O–H groups in total. The topological polar surface area (TPSA) is 64.7 Å². The van der Waals surface area contributed by atoms with E-state index in [0.29, 0.717) is 17.3 Å². The van der Waals surface area contributed by atoms with Gasteiger partial charge in [-0.05, 0) is 56.4 Å². The number of nitrogens with zero attached hydrogens (tertiary/aromatic N) is 2. The van der Waals surface area contributed by atoms with Gasteiger partial charge in [-0.1, -0.05) is 23.8 Å². The summed E-state index contributed by atoms with van der Waals surface area (Å²) in [4.78, 5) is 2.27. The summed E-state index contributed by atoms with van der Waals surface area (Å²) in [6.07, 6.45) is 1.17. The number of nitrogens with one attached hydrogen (secondary N) is 2. The van der Waals surface area contributed by atoms with Gasteiger partial charge in [-0.3, -0.25) is 4.31 Å². The second kappa shape index (κ2) is 9.75. The number of likely N-dealkylation sites (N-methyl/N-ethyl adjacent to an activating group) is 1. The van der Waals surface area contributed by atoms with E-state index in [1.807, 2.05) is 6.07 Å². The zero-order valence-electron chi connectivity index (χ0n) is 16.8. The highest BCUT2D eigenvalue weighted by atomic mass is 32.2. The van der Waals surface area contributed by atoms with Gasteiger partial charge in [0.25, 0.3) is 0 Å². The lowest BCUT2D eigenvalue weighted by atomic mass is 10.2. The Bertz CT molecular complexity index is 899. The number of benzene rings is 2. The Morgan fingerprint density at radius 3 is 2.39 bits per heavy atom. The predicted octanol–water partition coefficient (Wildman–Crippen LogP) is 3.20. The summed E-state index contributed by atoms with van der Waals surface area (Å²) in [5.41, 5.74) is 3.74. The molecule has 2 aromatic rings. The second-order valence-electron chi connectivity index (χ2n) is 6.58. The lowest BCUT2D eigenvalue weighted by molar-refractivity contribution is 0.600. The van der Waals surface area contributed by atoms with Crippen molar-refractivity contribution in [1.82, 2.24) is 5.32 Å². The summed E-state index contributed by atoms with van der Waals surface area (Å²) in [5, 5.41) is 6.81. The van der Waals surface area contributed by atoms with Gasteiger partial charge in [-0.2, -0.15) is 0 Å². The van der Waals surface area contributed by atoms with Crippen LogP contribution in [0.1, 0.15) is 12.5 Å². The van der Waals surface area contributed by atoms with Gasteiger partial charge in [0.1, 0.15) is 0 Å². The molecule has 6 nitrogen and oxygen atoms in total. The summed E-state index contributed by atoms with van der Waals surface area (Å²) in [6, 6.07) is 15.6. The van der Waals surface area contributed by atoms with E-state index in [9.17, 15) is 8.42 Å². The van der Waals surface area contributed by atoms with E-state index < -0.39 is 10.0 Å². The maximum absolute atomic E-state index is 11.7. The summed E-state index contributed by atoms with van der Waals surface area (Å²) in [7, 11) is -1.78. The molecule has 0 aliphatic heterocycles. The quantitative estimate of drug-likeness (QED) is 0.640. The van der Waals surface area contributed by atoms with Gasteiger partial charge < -0.3 is 15.5 Å². The number of hydrogen-bond acceptors (Lipinski definition) is 4. The summed E-state index contributed by atoms with van der Waals surface area (Å²) in [5.74, 6) is 0. The zero-order chi connectivity index (χ0) is 20.7. The molecule has 0 bridgehead atoms. The molecule has 28 heavy (non-hydrogen) atoms. The van der Waals surface area contributed by atoms with Crippen molar-refractivity contribution < 1.29 is 8.42 Å². The van der Waals surface area contributed by atoms with Crippen LogP contribution < -0.4 is 19.8 Å². The number of rotatable bonds is 8. The van der Waals surface area contributed by atoms with Crippen molar-refractivity contribution >= 4 is 44.4 Å².